The average Bonchev–Trinajstić information content (AvgIpc) is 2.98. The van der Waals surface area contributed by atoms with Crippen LogP contribution in [0.3, 0.4) is 0 Å². The third kappa shape index (κ3) is 3.43. The van der Waals surface area contributed by atoms with E-state index in [0.29, 0.717) is 23.3 Å². The fourth-order valence-electron chi connectivity index (χ4n) is 2.46. The first kappa shape index (κ1) is 14.1. The van der Waals surface area contributed by atoms with Crippen LogP contribution in [0.2, 0.25) is 0 Å². The number of H-pyrrole nitrogens is 1. The lowest BCUT2D eigenvalue weighted by Gasteiger charge is -2.13. The molecule has 0 saturated carbocycles. The SMILES string of the molecule is O=c1[nH]c(=S)n(C[C@@H]2CCCO2)cc1Cc1cncnc1. The smallest absolute Gasteiger partial charge is 0.255 e. The Balaban J connectivity index is 1.86. The predicted octanol–water partition coefficient (Wildman–Crippen LogP) is 1.47. The molecule has 0 aliphatic carbocycles. The van der Waals surface area contributed by atoms with Gasteiger partial charge in [-0.25, -0.2) is 9.97 Å². The molecule has 21 heavy (non-hydrogen) atoms. The van der Waals surface area contributed by atoms with Gasteiger partial charge in [-0.1, -0.05) is 0 Å². The summed E-state index contributed by atoms with van der Waals surface area (Å²) in [5, 5.41) is 0. The van der Waals surface area contributed by atoms with E-state index in [1.807, 2.05) is 10.8 Å². The zero-order chi connectivity index (χ0) is 14.7. The standard InChI is InChI=1S/C14H16N4O2S/c19-13-11(4-10-5-15-9-16-6-10)7-18(14(21)17-13)8-12-2-1-3-20-12/h5-7,9,12H,1-4,8H2,(H,17,19,21)/t12-/m0/s1. The zero-order valence-corrected chi connectivity index (χ0v) is 12.3. The Bertz CT molecular complexity index is 720. The molecule has 1 fully saturated rings. The molecule has 110 valence electrons. The third-order valence-corrected chi connectivity index (χ3v) is 3.85. The van der Waals surface area contributed by atoms with Crippen molar-refractivity contribution < 1.29 is 4.74 Å². The van der Waals surface area contributed by atoms with E-state index in [1.165, 1.54) is 6.33 Å². The summed E-state index contributed by atoms with van der Waals surface area (Å²) in [5.41, 5.74) is 1.38. The van der Waals surface area contributed by atoms with Crippen molar-refractivity contribution in [1.29, 1.82) is 0 Å². The van der Waals surface area contributed by atoms with Crippen LogP contribution in [0.5, 0.6) is 0 Å². The minimum absolute atomic E-state index is 0.160. The summed E-state index contributed by atoms with van der Waals surface area (Å²) in [4.78, 5) is 22.7. The summed E-state index contributed by atoms with van der Waals surface area (Å²) in [6, 6.07) is 0. The molecule has 1 atom stereocenters. The summed E-state index contributed by atoms with van der Waals surface area (Å²) in [6.45, 7) is 1.48. The van der Waals surface area contributed by atoms with Crippen LogP contribution in [0.1, 0.15) is 24.0 Å². The summed E-state index contributed by atoms with van der Waals surface area (Å²) >= 11 is 5.23. The number of hydrogen-bond donors (Lipinski definition) is 1. The number of aromatic nitrogens is 4. The third-order valence-electron chi connectivity index (χ3n) is 3.52. The number of hydrogen-bond acceptors (Lipinski definition) is 5. The number of aromatic amines is 1. The Morgan fingerprint density at radius 3 is 2.95 bits per heavy atom. The van der Waals surface area contributed by atoms with Crippen molar-refractivity contribution >= 4 is 12.2 Å². The zero-order valence-electron chi connectivity index (χ0n) is 11.5. The summed E-state index contributed by atoms with van der Waals surface area (Å²) in [7, 11) is 0. The van der Waals surface area contributed by atoms with Gasteiger partial charge in [0.1, 0.15) is 6.33 Å². The lowest BCUT2D eigenvalue weighted by Crippen LogP contribution is -2.22. The monoisotopic (exact) mass is 304 g/mol. The van der Waals surface area contributed by atoms with Crippen molar-refractivity contribution in [3.8, 4) is 0 Å². The molecule has 1 aliphatic heterocycles. The topological polar surface area (TPSA) is 72.8 Å². The van der Waals surface area contributed by atoms with Gasteiger partial charge >= 0.3 is 0 Å². The molecule has 6 nitrogen and oxygen atoms in total. The molecule has 0 spiro atoms. The van der Waals surface area contributed by atoms with E-state index in [2.05, 4.69) is 15.0 Å². The van der Waals surface area contributed by atoms with Gasteiger partial charge in [-0.15, -0.1) is 0 Å². The molecule has 0 unspecified atom stereocenters. The molecule has 1 saturated heterocycles. The number of ether oxygens (including phenoxy) is 1. The maximum atomic E-state index is 12.0. The molecule has 2 aromatic rings. The molecule has 0 aromatic carbocycles. The molecule has 1 N–H and O–H groups in total. The second-order valence-electron chi connectivity index (χ2n) is 5.12. The van der Waals surface area contributed by atoms with Crippen LogP contribution in [0, 0.1) is 4.77 Å². The highest BCUT2D eigenvalue weighted by molar-refractivity contribution is 7.71. The van der Waals surface area contributed by atoms with Gasteiger partial charge in [0.15, 0.2) is 4.77 Å². The second kappa shape index (κ2) is 6.28. The predicted molar refractivity (Wildman–Crippen MR) is 79.7 cm³/mol. The van der Waals surface area contributed by atoms with Crippen LogP contribution >= 0.6 is 12.2 Å². The summed E-state index contributed by atoms with van der Waals surface area (Å²) in [6.07, 6.45) is 9.47. The van der Waals surface area contributed by atoms with E-state index < -0.39 is 0 Å². The Morgan fingerprint density at radius 2 is 2.24 bits per heavy atom. The largest absolute Gasteiger partial charge is 0.376 e. The molecular weight excluding hydrogens is 288 g/mol. The van der Waals surface area contributed by atoms with E-state index in [0.717, 1.165) is 25.0 Å². The highest BCUT2D eigenvalue weighted by atomic mass is 32.1. The molecule has 1 aliphatic rings. The minimum atomic E-state index is -0.160. The van der Waals surface area contributed by atoms with Crippen molar-refractivity contribution in [2.24, 2.45) is 0 Å². The fraction of sp³-hybridized carbons (Fsp3) is 0.429. The van der Waals surface area contributed by atoms with Crippen LogP contribution in [-0.4, -0.2) is 32.2 Å². The Labute approximate surface area is 126 Å². The van der Waals surface area contributed by atoms with Gasteiger partial charge < -0.3 is 9.30 Å². The molecule has 3 heterocycles. The fourth-order valence-corrected chi connectivity index (χ4v) is 2.68. The number of rotatable bonds is 4. The van der Waals surface area contributed by atoms with Crippen molar-refractivity contribution in [2.45, 2.75) is 31.9 Å². The summed E-state index contributed by atoms with van der Waals surface area (Å²) < 4.78 is 7.94. The lowest BCUT2D eigenvalue weighted by molar-refractivity contribution is 0.0962. The first-order chi connectivity index (χ1) is 10.2. The van der Waals surface area contributed by atoms with Crippen molar-refractivity contribution in [3.63, 3.8) is 0 Å². The van der Waals surface area contributed by atoms with Crippen molar-refractivity contribution in [2.75, 3.05) is 6.61 Å². The van der Waals surface area contributed by atoms with Gasteiger partial charge in [0.05, 0.1) is 12.6 Å². The van der Waals surface area contributed by atoms with Crippen molar-refractivity contribution in [3.05, 3.63) is 51.2 Å². The van der Waals surface area contributed by atoms with E-state index in [1.54, 1.807) is 12.4 Å². The van der Waals surface area contributed by atoms with E-state index in [-0.39, 0.29) is 11.7 Å². The van der Waals surface area contributed by atoms with Crippen LogP contribution in [-0.2, 0) is 17.7 Å². The van der Waals surface area contributed by atoms with Crippen LogP contribution in [0.4, 0.5) is 0 Å². The van der Waals surface area contributed by atoms with Gasteiger partial charge in [0, 0.05) is 37.2 Å². The highest BCUT2D eigenvalue weighted by Crippen LogP contribution is 2.14. The molecule has 0 radical (unpaired) electrons. The van der Waals surface area contributed by atoms with E-state index >= 15 is 0 Å². The first-order valence-corrected chi connectivity index (χ1v) is 7.31. The Kier molecular flexibility index (Phi) is 4.21. The first-order valence-electron chi connectivity index (χ1n) is 6.90. The lowest BCUT2D eigenvalue weighted by atomic mass is 10.1. The van der Waals surface area contributed by atoms with Gasteiger partial charge in [-0.2, -0.15) is 0 Å². The van der Waals surface area contributed by atoms with Gasteiger partial charge in [-0.05, 0) is 30.6 Å². The molecule has 0 amide bonds. The highest BCUT2D eigenvalue weighted by Gasteiger charge is 2.16. The van der Waals surface area contributed by atoms with Gasteiger partial charge in [0.2, 0.25) is 0 Å². The van der Waals surface area contributed by atoms with Gasteiger partial charge in [0.25, 0.3) is 5.56 Å². The van der Waals surface area contributed by atoms with Crippen LogP contribution < -0.4 is 5.56 Å². The van der Waals surface area contributed by atoms with E-state index in [4.69, 9.17) is 17.0 Å². The summed E-state index contributed by atoms with van der Waals surface area (Å²) in [5.74, 6) is 0. The molecular formula is C14H16N4O2S. The Hall–Kier alpha value is -1.86. The second-order valence-corrected chi connectivity index (χ2v) is 5.51. The van der Waals surface area contributed by atoms with Gasteiger partial charge in [-0.3, -0.25) is 9.78 Å². The quantitative estimate of drug-likeness (QED) is 0.866. The molecule has 2 aromatic heterocycles. The van der Waals surface area contributed by atoms with Crippen LogP contribution in [0.15, 0.2) is 29.7 Å². The maximum absolute atomic E-state index is 12.0. The Morgan fingerprint density at radius 1 is 1.43 bits per heavy atom. The molecule has 3 rings (SSSR count). The normalized spacial score (nSPS) is 18.0. The number of nitrogens with zero attached hydrogens (tertiary/aromatic N) is 3. The molecule has 7 heteroatoms. The maximum Gasteiger partial charge on any atom is 0.255 e. The van der Waals surface area contributed by atoms with Crippen LogP contribution in [0.25, 0.3) is 0 Å². The number of nitrogens with one attached hydrogen (secondary N) is 1. The van der Waals surface area contributed by atoms with Crippen molar-refractivity contribution in [1.82, 2.24) is 19.5 Å². The minimum Gasteiger partial charge on any atom is -0.376 e. The van der Waals surface area contributed by atoms with E-state index in [9.17, 15) is 4.79 Å². The molecule has 0 bridgehead atoms. The average molecular weight is 304 g/mol.